The van der Waals surface area contributed by atoms with Crippen LogP contribution in [0.3, 0.4) is 0 Å². The number of anilines is 2. The molecule has 3 nitrogen and oxygen atoms in total. The Hall–Kier alpha value is -2.59. The Morgan fingerprint density at radius 3 is 2.31 bits per heavy atom. The van der Waals surface area contributed by atoms with E-state index in [1.807, 2.05) is 30.3 Å². The van der Waals surface area contributed by atoms with Crippen molar-refractivity contribution in [3.8, 4) is 0 Å². The number of hydrogen-bond acceptors (Lipinski definition) is 3. The molecule has 1 amide bonds. The summed E-state index contributed by atoms with van der Waals surface area (Å²) in [4.78, 5) is 19.5. The van der Waals surface area contributed by atoms with Gasteiger partial charge < -0.3 is 9.80 Å². The van der Waals surface area contributed by atoms with Crippen LogP contribution in [0.1, 0.15) is 65.7 Å². The lowest BCUT2D eigenvalue weighted by Gasteiger charge is -2.31. The van der Waals surface area contributed by atoms with Gasteiger partial charge in [0.25, 0.3) is 0 Å². The first-order valence-corrected chi connectivity index (χ1v) is 12.5. The van der Waals surface area contributed by atoms with Gasteiger partial charge in [-0.2, -0.15) is 0 Å². The van der Waals surface area contributed by atoms with Gasteiger partial charge in [-0.05, 0) is 84.0 Å². The summed E-state index contributed by atoms with van der Waals surface area (Å²) >= 11 is 1.82. The fourth-order valence-corrected chi connectivity index (χ4v) is 5.77. The lowest BCUT2D eigenvalue weighted by atomic mass is 9.84. The first-order valence-electron chi connectivity index (χ1n) is 11.6. The summed E-state index contributed by atoms with van der Waals surface area (Å²) in [6, 6.07) is 17.1. The van der Waals surface area contributed by atoms with E-state index in [2.05, 4.69) is 79.6 Å². The molecule has 1 aromatic heterocycles. The number of hydrogen-bond donors (Lipinski definition) is 0. The topological polar surface area (TPSA) is 23.6 Å². The van der Waals surface area contributed by atoms with Gasteiger partial charge in [0.2, 0.25) is 5.91 Å². The number of rotatable bonds is 6. The number of carbonyl (C=O) groups is 1. The normalized spacial score (nSPS) is 15.5. The zero-order chi connectivity index (χ0) is 22.8. The van der Waals surface area contributed by atoms with Gasteiger partial charge in [0.15, 0.2) is 0 Å². The summed E-state index contributed by atoms with van der Waals surface area (Å²) in [5, 5.41) is 2.22. The largest absolute Gasteiger partial charge is 0.378 e. The van der Waals surface area contributed by atoms with E-state index in [0.29, 0.717) is 12.5 Å². The van der Waals surface area contributed by atoms with Gasteiger partial charge in [-0.3, -0.25) is 4.79 Å². The van der Waals surface area contributed by atoms with Crippen LogP contribution < -0.4 is 9.80 Å². The predicted molar refractivity (Wildman–Crippen MR) is 137 cm³/mol. The highest BCUT2D eigenvalue weighted by Crippen LogP contribution is 2.40. The van der Waals surface area contributed by atoms with Crippen molar-refractivity contribution in [2.45, 2.75) is 58.4 Å². The Labute approximate surface area is 196 Å². The van der Waals surface area contributed by atoms with E-state index in [1.54, 1.807) is 0 Å². The second-order valence-electron chi connectivity index (χ2n) is 9.43. The van der Waals surface area contributed by atoms with Crippen molar-refractivity contribution in [3.63, 3.8) is 0 Å². The molecular formula is C28H34N2OS. The third-order valence-corrected chi connectivity index (χ3v) is 7.76. The Morgan fingerprint density at radius 2 is 1.69 bits per heavy atom. The first-order chi connectivity index (χ1) is 15.3. The van der Waals surface area contributed by atoms with Crippen LogP contribution in [0.25, 0.3) is 0 Å². The summed E-state index contributed by atoms with van der Waals surface area (Å²) in [6.45, 7) is 7.14. The summed E-state index contributed by atoms with van der Waals surface area (Å²) < 4.78 is 0. The zero-order valence-corrected chi connectivity index (χ0v) is 20.7. The SMILES string of the molecule is Cc1csc2c1C(C(=O)N(Cc1ccc(N(C)C)cc1)c1ccc(C(C)C)cc1)CCC2. The van der Waals surface area contributed by atoms with Crippen molar-refractivity contribution in [1.82, 2.24) is 0 Å². The van der Waals surface area contributed by atoms with Gasteiger partial charge in [-0.15, -0.1) is 11.3 Å². The van der Waals surface area contributed by atoms with E-state index >= 15 is 0 Å². The van der Waals surface area contributed by atoms with E-state index in [9.17, 15) is 4.79 Å². The van der Waals surface area contributed by atoms with Crippen LogP contribution in [0.2, 0.25) is 0 Å². The molecule has 0 radical (unpaired) electrons. The molecule has 1 heterocycles. The molecule has 168 valence electrons. The van der Waals surface area contributed by atoms with E-state index in [4.69, 9.17) is 0 Å². The molecule has 2 aromatic carbocycles. The average Bonchev–Trinajstić information content (AvgIpc) is 3.18. The fourth-order valence-electron chi connectivity index (χ4n) is 4.63. The third kappa shape index (κ3) is 4.61. The predicted octanol–water partition coefficient (Wildman–Crippen LogP) is 6.90. The van der Waals surface area contributed by atoms with Crippen molar-refractivity contribution in [3.05, 3.63) is 81.0 Å². The summed E-state index contributed by atoms with van der Waals surface area (Å²) in [5.74, 6) is 0.651. The molecule has 4 rings (SSSR count). The number of thiophene rings is 1. The van der Waals surface area contributed by atoms with Gasteiger partial charge in [-0.25, -0.2) is 0 Å². The quantitative estimate of drug-likeness (QED) is 0.411. The van der Waals surface area contributed by atoms with Gasteiger partial charge in [0, 0.05) is 30.3 Å². The number of fused-ring (bicyclic) bond motifs is 1. The van der Waals surface area contributed by atoms with Crippen molar-refractivity contribution >= 4 is 28.6 Å². The number of amides is 1. The smallest absolute Gasteiger partial charge is 0.234 e. The molecule has 32 heavy (non-hydrogen) atoms. The molecule has 0 spiro atoms. The minimum absolute atomic E-state index is 0.0455. The van der Waals surface area contributed by atoms with Crippen LogP contribution in [-0.2, 0) is 17.8 Å². The molecular weight excluding hydrogens is 412 g/mol. The standard InChI is InChI=1S/C28H34N2OS/c1-19(2)22-11-15-24(16-12-22)30(17-21-9-13-23(14-10-21)29(4)5)28(31)25-7-6-8-26-27(25)20(3)18-32-26/h9-16,18-19,25H,6-8,17H2,1-5H3. The van der Waals surface area contributed by atoms with E-state index in [-0.39, 0.29) is 11.8 Å². The molecule has 1 unspecified atom stereocenters. The lowest BCUT2D eigenvalue weighted by Crippen LogP contribution is -2.36. The second kappa shape index (κ2) is 9.50. The highest BCUT2D eigenvalue weighted by molar-refractivity contribution is 7.10. The lowest BCUT2D eigenvalue weighted by molar-refractivity contribution is -0.120. The molecule has 4 heteroatoms. The maximum atomic E-state index is 14.0. The number of aryl methyl sites for hydroxylation is 2. The molecule has 1 aliphatic carbocycles. The number of nitrogens with zero attached hydrogens (tertiary/aromatic N) is 2. The summed E-state index contributed by atoms with van der Waals surface area (Å²) in [7, 11) is 4.09. The molecule has 0 bridgehead atoms. The monoisotopic (exact) mass is 446 g/mol. The third-order valence-electron chi connectivity index (χ3n) is 6.58. The summed E-state index contributed by atoms with van der Waals surface area (Å²) in [5.41, 5.74) is 7.15. The minimum atomic E-state index is -0.0455. The second-order valence-corrected chi connectivity index (χ2v) is 10.4. The van der Waals surface area contributed by atoms with Crippen LogP contribution in [0.15, 0.2) is 53.9 Å². The Balaban J connectivity index is 1.68. The van der Waals surface area contributed by atoms with Crippen molar-refractivity contribution in [2.75, 3.05) is 23.9 Å². The number of benzene rings is 2. The molecule has 0 saturated heterocycles. The molecule has 0 saturated carbocycles. The Bertz CT molecular complexity index is 1060. The van der Waals surface area contributed by atoms with Gasteiger partial charge in [-0.1, -0.05) is 38.1 Å². The first kappa shape index (κ1) is 22.6. The van der Waals surface area contributed by atoms with Crippen molar-refractivity contribution in [1.29, 1.82) is 0 Å². The van der Waals surface area contributed by atoms with Crippen LogP contribution in [0, 0.1) is 6.92 Å². The molecule has 0 aliphatic heterocycles. The van der Waals surface area contributed by atoms with Gasteiger partial charge in [0.05, 0.1) is 12.5 Å². The molecule has 3 aromatic rings. The molecule has 0 N–H and O–H groups in total. The van der Waals surface area contributed by atoms with E-state index < -0.39 is 0 Å². The zero-order valence-electron chi connectivity index (χ0n) is 19.9. The fraction of sp³-hybridized carbons (Fsp3) is 0.393. The van der Waals surface area contributed by atoms with Crippen molar-refractivity contribution < 1.29 is 4.79 Å². The Kier molecular flexibility index (Phi) is 6.71. The van der Waals surface area contributed by atoms with Crippen LogP contribution in [0.4, 0.5) is 11.4 Å². The van der Waals surface area contributed by atoms with Gasteiger partial charge >= 0.3 is 0 Å². The minimum Gasteiger partial charge on any atom is -0.378 e. The van der Waals surface area contributed by atoms with Gasteiger partial charge in [0.1, 0.15) is 0 Å². The average molecular weight is 447 g/mol. The molecule has 1 aliphatic rings. The van der Waals surface area contributed by atoms with Crippen LogP contribution in [-0.4, -0.2) is 20.0 Å². The molecule has 1 atom stereocenters. The Morgan fingerprint density at radius 1 is 1.03 bits per heavy atom. The number of carbonyl (C=O) groups excluding carboxylic acids is 1. The highest BCUT2D eigenvalue weighted by Gasteiger charge is 2.33. The van der Waals surface area contributed by atoms with Crippen LogP contribution in [0.5, 0.6) is 0 Å². The molecule has 0 fully saturated rings. The van der Waals surface area contributed by atoms with Crippen molar-refractivity contribution in [2.24, 2.45) is 0 Å². The maximum absolute atomic E-state index is 14.0. The maximum Gasteiger partial charge on any atom is 0.234 e. The van der Waals surface area contributed by atoms with E-state index in [1.165, 1.54) is 27.3 Å². The highest BCUT2D eigenvalue weighted by atomic mass is 32.1. The van der Waals surface area contributed by atoms with E-state index in [0.717, 1.165) is 30.5 Å². The van der Waals surface area contributed by atoms with Crippen LogP contribution >= 0.6 is 11.3 Å². The summed E-state index contributed by atoms with van der Waals surface area (Å²) in [6.07, 6.45) is 3.12.